The van der Waals surface area contributed by atoms with Crippen molar-refractivity contribution in [3.05, 3.63) is 78.4 Å². The topological polar surface area (TPSA) is 63.1 Å². The van der Waals surface area contributed by atoms with Gasteiger partial charge in [-0.15, -0.1) is 0 Å². The molecular formula is C20H21N5O. The van der Waals surface area contributed by atoms with E-state index in [-0.39, 0.29) is 11.9 Å². The lowest BCUT2D eigenvalue weighted by atomic mass is 10.0. The molecule has 0 spiro atoms. The fourth-order valence-corrected chi connectivity index (χ4v) is 3.34. The molecule has 0 saturated carbocycles. The Labute approximate surface area is 152 Å². The maximum Gasteiger partial charge on any atom is 0.227 e. The van der Waals surface area contributed by atoms with Gasteiger partial charge in [0.1, 0.15) is 0 Å². The van der Waals surface area contributed by atoms with Crippen LogP contribution < -0.4 is 5.32 Å². The monoisotopic (exact) mass is 347 g/mol. The number of benzene rings is 1. The number of carbonyl (C=O) groups excluding carboxylic acids is 1. The first-order valence-corrected chi connectivity index (χ1v) is 8.80. The van der Waals surface area contributed by atoms with Crippen molar-refractivity contribution in [2.45, 2.75) is 12.5 Å². The average Bonchev–Trinajstić information content (AvgIpc) is 3.24. The molecule has 1 aliphatic heterocycles. The molecule has 4 rings (SSSR count). The quantitative estimate of drug-likeness (QED) is 0.784. The van der Waals surface area contributed by atoms with Crippen molar-refractivity contribution in [3.63, 3.8) is 0 Å². The molecular weight excluding hydrogens is 326 g/mol. The molecule has 1 aliphatic rings. The van der Waals surface area contributed by atoms with Crippen molar-refractivity contribution in [2.75, 3.05) is 19.6 Å². The Morgan fingerprint density at radius 2 is 2.04 bits per heavy atom. The Morgan fingerprint density at radius 3 is 2.77 bits per heavy atom. The molecule has 1 fully saturated rings. The van der Waals surface area contributed by atoms with Gasteiger partial charge in [0.25, 0.3) is 0 Å². The van der Waals surface area contributed by atoms with E-state index in [4.69, 9.17) is 0 Å². The van der Waals surface area contributed by atoms with Crippen LogP contribution in [0.25, 0.3) is 5.69 Å². The SMILES string of the molecule is O=C(Cc1ccc(-n2cccn2)cc1)N1CCNCC1c1cccnc1. The zero-order chi connectivity index (χ0) is 17.8. The fourth-order valence-electron chi connectivity index (χ4n) is 3.34. The molecule has 3 heterocycles. The number of hydrogen-bond donors (Lipinski definition) is 1. The summed E-state index contributed by atoms with van der Waals surface area (Å²) >= 11 is 0. The van der Waals surface area contributed by atoms with Crippen molar-refractivity contribution in [3.8, 4) is 5.69 Å². The highest BCUT2D eigenvalue weighted by atomic mass is 16.2. The van der Waals surface area contributed by atoms with Gasteiger partial charge >= 0.3 is 0 Å². The van der Waals surface area contributed by atoms with Gasteiger partial charge in [0.15, 0.2) is 0 Å². The van der Waals surface area contributed by atoms with E-state index in [0.29, 0.717) is 13.0 Å². The molecule has 2 aromatic heterocycles. The minimum Gasteiger partial charge on any atom is -0.333 e. The van der Waals surface area contributed by atoms with Gasteiger partial charge in [-0.3, -0.25) is 9.78 Å². The van der Waals surface area contributed by atoms with E-state index in [1.165, 1.54) is 0 Å². The van der Waals surface area contributed by atoms with Crippen LogP contribution in [-0.4, -0.2) is 45.2 Å². The Kier molecular flexibility index (Phi) is 4.75. The highest BCUT2D eigenvalue weighted by molar-refractivity contribution is 5.79. The average molecular weight is 347 g/mol. The molecule has 0 bridgehead atoms. The molecule has 1 aromatic carbocycles. The standard InChI is InChI=1S/C20H21N5O/c26-20(13-16-4-6-18(7-5-16)25-11-2-9-23-25)24-12-10-22-15-19(24)17-3-1-8-21-14-17/h1-9,11,14,19,22H,10,12-13,15H2. The number of nitrogens with one attached hydrogen (secondary N) is 1. The zero-order valence-corrected chi connectivity index (χ0v) is 14.5. The van der Waals surface area contributed by atoms with E-state index < -0.39 is 0 Å². The predicted octanol–water partition coefficient (Wildman–Crippen LogP) is 1.98. The minimum atomic E-state index is 0.0355. The summed E-state index contributed by atoms with van der Waals surface area (Å²) in [6, 6.07) is 13.9. The normalized spacial score (nSPS) is 17.2. The van der Waals surface area contributed by atoms with Crippen molar-refractivity contribution in [2.24, 2.45) is 0 Å². The summed E-state index contributed by atoms with van der Waals surface area (Å²) in [7, 11) is 0. The van der Waals surface area contributed by atoms with Gasteiger partial charge in [-0.05, 0) is 35.4 Å². The molecule has 1 unspecified atom stereocenters. The van der Waals surface area contributed by atoms with E-state index in [9.17, 15) is 4.79 Å². The Bertz CT molecular complexity index is 846. The number of rotatable bonds is 4. The molecule has 3 aromatic rings. The third kappa shape index (κ3) is 3.50. The summed E-state index contributed by atoms with van der Waals surface area (Å²) in [6.45, 7) is 2.29. The summed E-state index contributed by atoms with van der Waals surface area (Å²) in [5.74, 6) is 0.146. The van der Waals surface area contributed by atoms with Gasteiger partial charge in [-0.2, -0.15) is 5.10 Å². The van der Waals surface area contributed by atoms with Crippen molar-refractivity contribution in [1.29, 1.82) is 0 Å². The molecule has 1 N–H and O–H groups in total. The Hall–Kier alpha value is -2.99. The van der Waals surface area contributed by atoms with Crippen LogP contribution in [0.5, 0.6) is 0 Å². The van der Waals surface area contributed by atoms with Gasteiger partial charge in [-0.25, -0.2) is 4.68 Å². The minimum absolute atomic E-state index is 0.0355. The van der Waals surface area contributed by atoms with Gasteiger partial charge in [0.05, 0.1) is 18.2 Å². The number of aromatic nitrogens is 3. The van der Waals surface area contributed by atoms with Crippen LogP contribution in [0.1, 0.15) is 17.2 Å². The zero-order valence-electron chi connectivity index (χ0n) is 14.5. The molecule has 6 nitrogen and oxygen atoms in total. The van der Waals surface area contributed by atoms with Crippen molar-refractivity contribution in [1.82, 2.24) is 25.0 Å². The van der Waals surface area contributed by atoms with Crippen molar-refractivity contribution < 1.29 is 4.79 Å². The third-order valence-electron chi connectivity index (χ3n) is 4.69. The predicted molar refractivity (Wildman–Crippen MR) is 98.8 cm³/mol. The molecule has 26 heavy (non-hydrogen) atoms. The molecule has 6 heteroatoms. The third-order valence-corrected chi connectivity index (χ3v) is 4.69. The largest absolute Gasteiger partial charge is 0.333 e. The summed E-state index contributed by atoms with van der Waals surface area (Å²) in [6.07, 6.45) is 7.65. The van der Waals surface area contributed by atoms with Crippen LogP contribution in [0.2, 0.25) is 0 Å². The van der Waals surface area contributed by atoms with E-state index in [1.54, 1.807) is 17.1 Å². The van der Waals surface area contributed by atoms with Crippen LogP contribution in [-0.2, 0) is 11.2 Å². The molecule has 132 valence electrons. The lowest BCUT2D eigenvalue weighted by Crippen LogP contribution is -2.49. The highest BCUT2D eigenvalue weighted by Gasteiger charge is 2.27. The fraction of sp³-hybridized carbons (Fsp3) is 0.250. The smallest absolute Gasteiger partial charge is 0.227 e. The first-order chi connectivity index (χ1) is 12.8. The number of pyridine rings is 1. The van der Waals surface area contributed by atoms with E-state index >= 15 is 0 Å². The molecule has 1 atom stereocenters. The second kappa shape index (κ2) is 7.49. The van der Waals surface area contributed by atoms with E-state index in [0.717, 1.165) is 29.9 Å². The second-order valence-electron chi connectivity index (χ2n) is 6.39. The lowest BCUT2D eigenvalue weighted by Gasteiger charge is -2.36. The van der Waals surface area contributed by atoms with Crippen LogP contribution >= 0.6 is 0 Å². The van der Waals surface area contributed by atoms with Gasteiger partial charge in [0.2, 0.25) is 5.91 Å². The maximum absolute atomic E-state index is 12.9. The van der Waals surface area contributed by atoms with Crippen LogP contribution in [0, 0.1) is 0 Å². The summed E-state index contributed by atoms with van der Waals surface area (Å²) in [5, 5.41) is 7.60. The Morgan fingerprint density at radius 1 is 1.15 bits per heavy atom. The first kappa shape index (κ1) is 16.5. The second-order valence-corrected chi connectivity index (χ2v) is 6.39. The van der Waals surface area contributed by atoms with Crippen LogP contribution in [0.15, 0.2) is 67.3 Å². The molecule has 1 amide bonds. The van der Waals surface area contributed by atoms with Crippen molar-refractivity contribution >= 4 is 5.91 Å². The number of piperazine rings is 1. The van der Waals surface area contributed by atoms with E-state index in [2.05, 4.69) is 15.4 Å². The molecule has 1 saturated heterocycles. The number of hydrogen-bond acceptors (Lipinski definition) is 4. The number of carbonyl (C=O) groups is 1. The highest BCUT2D eigenvalue weighted by Crippen LogP contribution is 2.22. The first-order valence-electron chi connectivity index (χ1n) is 8.80. The summed E-state index contributed by atoms with van der Waals surface area (Å²) in [4.78, 5) is 19.1. The van der Waals surface area contributed by atoms with Gasteiger partial charge in [0, 0.05) is 44.4 Å². The van der Waals surface area contributed by atoms with Crippen LogP contribution in [0.4, 0.5) is 0 Å². The number of nitrogens with zero attached hydrogens (tertiary/aromatic N) is 4. The summed E-state index contributed by atoms with van der Waals surface area (Å²) < 4.78 is 1.81. The van der Waals surface area contributed by atoms with Crippen LogP contribution in [0.3, 0.4) is 0 Å². The lowest BCUT2D eigenvalue weighted by molar-refractivity contribution is -0.133. The Balaban J connectivity index is 1.48. The summed E-state index contributed by atoms with van der Waals surface area (Å²) in [5.41, 5.74) is 3.07. The molecule has 0 aliphatic carbocycles. The number of amides is 1. The van der Waals surface area contributed by atoms with Gasteiger partial charge in [-0.1, -0.05) is 18.2 Å². The maximum atomic E-state index is 12.9. The van der Waals surface area contributed by atoms with E-state index in [1.807, 2.05) is 59.8 Å². The molecule has 0 radical (unpaired) electrons. The van der Waals surface area contributed by atoms with Gasteiger partial charge < -0.3 is 10.2 Å².